The van der Waals surface area contributed by atoms with E-state index < -0.39 is 11.1 Å². The Morgan fingerprint density at radius 2 is 2.07 bits per heavy atom. The smallest absolute Gasteiger partial charge is 0.294 e. The van der Waals surface area contributed by atoms with Crippen molar-refractivity contribution < 1.29 is 29.0 Å². The maximum Gasteiger partial charge on any atom is 0.294 e. The van der Waals surface area contributed by atoms with Crippen molar-refractivity contribution in [3.63, 3.8) is 0 Å². The summed E-state index contributed by atoms with van der Waals surface area (Å²) in [6.45, 7) is 3.67. The maximum absolute atomic E-state index is 12.7. The molecular weight excluding hydrogens is 452 g/mol. The number of phenolic OH excluding ortho intramolecular Hbond substituents is 1. The normalized spacial score (nSPS) is 18.9. The van der Waals surface area contributed by atoms with Gasteiger partial charge in [0.1, 0.15) is 6.54 Å². The van der Waals surface area contributed by atoms with Crippen LogP contribution >= 0.6 is 27.7 Å². The van der Waals surface area contributed by atoms with Crippen LogP contribution in [0.25, 0.3) is 6.08 Å². The van der Waals surface area contributed by atoms with E-state index in [1.54, 1.807) is 17.9 Å². The SMILES string of the molecule is CCOc1cc(/C=C2/SC(=O)N(CC(=O)N3CCOCC3)C2=O)c(Br)cc1O. The van der Waals surface area contributed by atoms with Crippen LogP contribution in [0.4, 0.5) is 4.79 Å². The fraction of sp³-hybridized carbons (Fsp3) is 0.389. The molecule has 2 fully saturated rings. The first-order valence-corrected chi connectivity index (χ1v) is 10.3. The molecule has 2 aliphatic rings. The van der Waals surface area contributed by atoms with Crippen LogP contribution < -0.4 is 4.74 Å². The van der Waals surface area contributed by atoms with Crippen LogP contribution in [0.1, 0.15) is 12.5 Å². The molecule has 0 spiro atoms. The van der Waals surface area contributed by atoms with Crippen molar-refractivity contribution in [3.8, 4) is 11.5 Å². The number of ether oxygens (including phenoxy) is 2. The van der Waals surface area contributed by atoms with Crippen LogP contribution in [-0.2, 0) is 14.3 Å². The molecule has 1 aromatic carbocycles. The number of phenols is 1. The molecule has 1 N–H and O–H groups in total. The van der Waals surface area contributed by atoms with Gasteiger partial charge in [-0.15, -0.1) is 0 Å². The van der Waals surface area contributed by atoms with Gasteiger partial charge >= 0.3 is 0 Å². The quantitative estimate of drug-likeness (QED) is 0.660. The van der Waals surface area contributed by atoms with Gasteiger partial charge in [0.05, 0.1) is 24.7 Å². The molecule has 0 aromatic heterocycles. The molecule has 3 rings (SSSR count). The van der Waals surface area contributed by atoms with Crippen molar-refractivity contribution in [2.75, 3.05) is 39.5 Å². The number of halogens is 1. The van der Waals surface area contributed by atoms with Crippen molar-refractivity contribution in [2.24, 2.45) is 0 Å². The summed E-state index contributed by atoms with van der Waals surface area (Å²) in [5.41, 5.74) is 0.575. The second-order valence-corrected chi connectivity index (χ2v) is 7.88. The Labute approximate surface area is 174 Å². The monoisotopic (exact) mass is 470 g/mol. The predicted octanol–water partition coefficient (Wildman–Crippen LogP) is 2.45. The lowest BCUT2D eigenvalue weighted by molar-refractivity contribution is -0.139. The van der Waals surface area contributed by atoms with Gasteiger partial charge in [-0.2, -0.15) is 0 Å². The van der Waals surface area contributed by atoms with Gasteiger partial charge in [-0.25, -0.2) is 0 Å². The molecule has 0 bridgehead atoms. The van der Waals surface area contributed by atoms with Crippen LogP contribution in [0, 0.1) is 0 Å². The molecular formula is C18H19BrN2O6S. The summed E-state index contributed by atoms with van der Waals surface area (Å²) in [7, 11) is 0. The van der Waals surface area contributed by atoms with E-state index in [9.17, 15) is 19.5 Å². The van der Waals surface area contributed by atoms with Gasteiger partial charge in [-0.1, -0.05) is 15.9 Å². The Bertz CT molecular complexity index is 838. The lowest BCUT2D eigenvalue weighted by atomic mass is 10.2. The number of rotatable bonds is 5. The highest BCUT2D eigenvalue weighted by atomic mass is 79.9. The van der Waals surface area contributed by atoms with Crippen molar-refractivity contribution in [2.45, 2.75) is 6.92 Å². The Balaban J connectivity index is 1.77. The summed E-state index contributed by atoms with van der Waals surface area (Å²) in [6, 6.07) is 3.04. The zero-order valence-corrected chi connectivity index (χ0v) is 17.5. The van der Waals surface area contributed by atoms with Gasteiger partial charge < -0.3 is 19.5 Å². The molecule has 0 atom stereocenters. The minimum absolute atomic E-state index is 0.0323. The number of aromatic hydroxyl groups is 1. The van der Waals surface area contributed by atoms with E-state index in [1.165, 1.54) is 12.1 Å². The summed E-state index contributed by atoms with van der Waals surface area (Å²) in [6.07, 6.45) is 1.54. The third-order valence-electron chi connectivity index (χ3n) is 4.20. The molecule has 2 heterocycles. The summed E-state index contributed by atoms with van der Waals surface area (Å²) < 4.78 is 11.1. The largest absolute Gasteiger partial charge is 0.504 e. The van der Waals surface area contributed by atoms with Crippen molar-refractivity contribution in [3.05, 3.63) is 27.1 Å². The van der Waals surface area contributed by atoms with Gasteiger partial charge in [0.25, 0.3) is 11.1 Å². The molecule has 0 radical (unpaired) electrons. The summed E-state index contributed by atoms with van der Waals surface area (Å²) in [5.74, 6) is -0.556. The Morgan fingerprint density at radius 3 is 2.75 bits per heavy atom. The van der Waals surface area contributed by atoms with E-state index in [0.29, 0.717) is 42.9 Å². The molecule has 150 valence electrons. The number of morpholine rings is 1. The molecule has 2 aliphatic heterocycles. The zero-order valence-electron chi connectivity index (χ0n) is 15.1. The van der Waals surface area contributed by atoms with Crippen molar-refractivity contribution in [1.82, 2.24) is 9.80 Å². The standard InChI is InChI=1S/C18H19BrN2O6S/c1-2-27-14-7-11(12(19)9-13(14)22)8-15-17(24)21(18(25)28-15)10-16(23)20-3-5-26-6-4-20/h7-9,22H,2-6,10H2,1H3/b15-8+. The number of carbonyl (C=O) groups excluding carboxylic acids is 3. The number of hydrogen-bond donors (Lipinski definition) is 1. The first kappa shape index (κ1) is 20.7. The van der Waals surface area contributed by atoms with E-state index in [2.05, 4.69) is 15.9 Å². The van der Waals surface area contributed by atoms with E-state index in [4.69, 9.17) is 9.47 Å². The van der Waals surface area contributed by atoms with E-state index in [-0.39, 0.29) is 28.9 Å². The first-order valence-electron chi connectivity index (χ1n) is 8.67. The maximum atomic E-state index is 12.7. The van der Waals surface area contributed by atoms with E-state index >= 15 is 0 Å². The Hall–Kier alpha value is -2.04. The number of carbonyl (C=O) groups is 3. The average Bonchev–Trinajstić information content (AvgIpc) is 2.93. The third kappa shape index (κ3) is 4.50. The van der Waals surface area contributed by atoms with E-state index in [1.807, 2.05) is 0 Å². The van der Waals surface area contributed by atoms with Gasteiger partial charge in [-0.05, 0) is 42.5 Å². The molecule has 0 aliphatic carbocycles. The predicted molar refractivity (Wildman–Crippen MR) is 107 cm³/mol. The summed E-state index contributed by atoms with van der Waals surface area (Å²) in [4.78, 5) is 40.0. The molecule has 10 heteroatoms. The molecule has 1 aromatic rings. The molecule has 0 unspecified atom stereocenters. The van der Waals surface area contributed by atoms with Crippen molar-refractivity contribution in [1.29, 1.82) is 0 Å². The highest BCUT2D eigenvalue weighted by molar-refractivity contribution is 9.10. The molecule has 0 saturated carbocycles. The molecule has 3 amide bonds. The average molecular weight is 471 g/mol. The van der Waals surface area contributed by atoms with Gasteiger partial charge in [-0.3, -0.25) is 19.3 Å². The van der Waals surface area contributed by atoms with Crippen LogP contribution in [0.2, 0.25) is 0 Å². The molecule has 8 nitrogen and oxygen atoms in total. The number of benzene rings is 1. The first-order chi connectivity index (χ1) is 13.4. The fourth-order valence-corrected chi connectivity index (χ4v) is 4.04. The highest BCUT2D eigenvalue weighted by Crippen LogP contribution is 2.37. The third-order valence-corrected chi connectivity index (χ3v) is 5.79. The minimum atomic E-state index is -0.519. The van der Waals surface area contributed by atoms with Crippen molar-refractivity contribution >= 4 is 50.8 Å². The minimum Gasteiger partial charge on any atom is -0.504 e. The number of thioether (sulfide) groups is 1. The topological polar surface area (TPSA) is 96.4 Å². The number of nitrogens with zero attached hydrogens (tertiary/aromatic N) is 2. The summed E-state index contributed by atoms with van der Waals surface area (Å²) >= 11 is 4.11. The molecule has 28 heavy (non-hydrogen) atoms. The lowest BCUT2D eigenvalue weighted by Gasteiger charge is -2.28. The van der Waals surface area contributed by atoms with Crippen LogP contribution in [-0.4, -0.2) is 71.4 Å². The zero-order chi connectivity index (χ0) is 20.3. The number of hydrogen-bond acceptors (Lipinski definition) is 7. The van der Waals surface area contributed by atoms with Gasteiger partial charge in [0, 0.05) is 17.6 Å². The lowest BCUT2D eigenvalue weighted by Crippen LogP contribution is -2.46. The van der Waals surface area contributed by atoms with Crippen LogP contribution in [0.15, 0.2) is 21.5 Å². The fourth-order valence-electron chi connectivity index (χ4n) is 2.77. The number of amides is 3. The second kappa shape index (κ2) is 8.97. The van der Waals surface area contributed by atoms with E-state index in [0.717, 1.165) is 16.7 Å². The summed E-state index contributed by atoms with van der Waals surface area (Å²) in [5, 5.41) is 9.42. The second-order valence-electron chi connectivity index (χ2n) is 6.04. The number of imide groups is 1. The highest BCUT2D eigenvalue weighted by Gasteiger charge is 2.37. The Kier molecular flexibility index (Phi) is 6.63. The Morgan fingerprint density at radius 1 is 1.36 bits per heavy atom. The van der Waals surface area contributed by atoms with Gasteiger partial charge in [0.15, 0.2) is 11.5 Å². The molecule has 2 saturated heterocycles. The van der Waals surface area contributed by atoms with Crippen LogP contribution in [0.3, 0.4) is 0 Å². The van der Waals surface area contributed by atoms with Gasteiger partial charge in [0.2, 0.25) is 5.91 Å². The van der Waals surface area contributed by atoms with Crippen LogP contribution in [0.5, 0.6) is 11.5 Å².